The fourth-order valence-corrected chi connectivity index (χ4v) is 4.53. The molecule has 3 N–H and O–H groups in total. The maximum Gasteiger partial charge on any atom is 0.254 e. The lowest BCUT2D eigenvalue weighted by atomic mass is 9.87. The number of amides is 1. The summed E-state index contributed by atoms with van der Waals surface area (Å²) < 4.78 is 0. The first-order valence-corrected chi connectivity index (χ1v) is 12.7. The second-order valence-corrected chi connectivity index (χ2v) is 10.7. The van der Waals surface area contributed by atoms with Gasteiger partial charge in [-0.15, -0.1) is 0 Å². The molecule has 1 aromatic carbocycles. The van der Waals surface area contributed by atoms with Crippen LogP contribution in [0.3, 0.4) is 0 Å². The number of pyridine rings is 2. The van der Waals surface area contributed by atoms with Gasteiger partial charge in [0.1, 0.15) is 11.6 Å². The first-order valence-electron chi connectivity index (χ1n) is 12.7. The minimum Gasteiger partial charge on any atom is -0.352 e. The summed E-state index contributed by atoms with van der Waals surface area (Å²) in [6.07, 6.45) is 4.93. The predicted molar refractivity (Wildman–Crippen MR) is 148 cm³/mol. The van der Waals surface area contributed by atoms with Gasteiger partial charge in [0, 0.05) is 41.6 Å². The van der Waals surface area contributed by atoms with Crippen LogP contribution in [0.1, 0.15) is 61.3 Å². The molecule has 2 heterocycles. The molecule has 0 fully saturated rings. The standard InChI is InChI=1S/C29H38N6O/c1-7-30-28(36)23-18-31-27(17-24(23)33-26-10-8-9-25(34-26)29(2,3)4)32-21-13-11-20-16-22(35(5)6)14-12-19(20)15-21/h8-11,13,15,17-18,22H,7,12,14,16H2,1-6H3,(H,30,36)(H2,31,32,33,34). The molecule has 1 amide bonds. The van der Waals surface area contributed by atoms with E-state index in [0.29, 0.717) is 35.5 Å². The van der Waals surface area contributed by atoms with Crippen molar-refractivity contribution in [3.05, 3.63) is 71.0 Å². The predicted octanol–water partition coefficient (Wildman–Crippen LogP) is 5.43. The molecule has 1 aliphatic carbocycles. The number of carbonyl (C=O) groups is 1. The van der Waals surface area contributed by atoms with E-state index in [2.05, 4.69) is 78.9 Å². The number of fused-ring (bicyclic) bond motifs is 1. The largest absolute Gasteiger partial charge is 0.352 e. The van der Waals surface area contributed by atoms with Crippen LogP contribution in [0.2, 0.25) is 0 Å². The molecule has 1 atom stereocenters. The minimum absolute atomic E-state index is 0.0793. The Morgan fingerprint density at radius 3 is 2.58 bits per heavy atom. The Kier molecular flexibility index (Phi) is 7.59. The van der Waals surface area contributed by atoms with Crippen molar-refractivity contribution >= 4 is 28.9 Å². The summed E-state index contributed by atoms with van der Waals surface area (Å²) in [4.78, 5) is 24.4. The van der Waals surface area contributed by atoms with Crippen LogP contribution >= 0.6 is 0 Å². The Bertz CT molecular complexity index is 1230. The second kappa shape index (κ2) is 10.7. The fraction of sp³-hybridized carbons (Fsp3) is 0.414. The highest BCUT2D eigenvalue weighted by molar-refractivity contribution is 6.00. The Morgan fingerprint density at radius 1 is 1.06 bits per heavy atom. The number of likely N-dealkylation sites (N-methyl/N-ethyl adjacent to an activating group) is 1. The molecule has 190 valence electrons. The fourth-order valence-electron chi connectivity index (χ4n) is 4.53. The lowest BCUT2D eigenvalue weighted by molar-refractivity contribution is 0.0956. The molecule has 1 aliphatic rings. The van der Waals surface area contributed by atoms with Crippen LogP contribution in [-0.2, 0) is 18.3 Å². The van der Waals surface area contributed by atoms with Gasteiger partial charge in [0.25, 0.3) is 5.91 Å². The first kappa shape index (κ1) is 25.6. The highest BCUT2D eigenvalue weighted by Crippen LogP contribution is 2.29. The van der Waals surface area contributed by atoms with E-state index in [1.54, 1.807) is 6.20 Å². The number of rotatable bonds is 7. The zero-order valence-electron chi connectivity index (χ0n) is 22.3. The number of aryl methyl sites for hydroxylation is 1. The van der Waals surface area contributed by atoms with Gasteiger partial charge in [-0.25, -0.2) is 9.97 Å². The number of hydrogen-bond donors (Lipinski definition) is 3. The molecule has 2 aromatic heterocycles. The van der Waals surface area contributed by atoms with Crippen molar-refractivity contribution in [1.82, 2.24) is 20.2 Å². The van der Waals surface area contributed by atoms with Crippen LogP contribution in [0.15, 0.2) is 48.7 Å². The van der Waals surface area contributed by atoms with E-state index in [1.165, 1.54) is 11.1 Å². The number of carbonyl (C=O) groups excluding carboxylic acids is 1. The number of aromatic nitrogens is 2. The van der Waals surface area contributed by atoms with Crippen LogP contribution < -0.4 is 16.0 Å². The van der Waals surface area contributed by atoms with E-state index >= 15 is 0 Å². The zero-order valence-corrected chi connectivity index (χ0v) is 22.3. The van der Waals surface area contributed by atoms with Crippen molar-refractivity contribution in [3.8, 4) is 0 Å². The molecule has 0 aliphatic heterocycles. The highest BCUT2D eigenvalue weighted by atomic mass is 16.1. The molecule has 3 aromatic rings. The maximum atomic E-state index is 12.8. The van der Waals surface area contributed by atoms with Crippen LogP contribution in [0.4, 0.5) is 23.0 Å². The topological polar surface area (TPSA) is 82.2 Å². The van der Waals surface area contributed by atoms with E-state index in [-0.39, 0.29) is 11.3 Å². The summed E-state index contributed by atoms with van der Waals surface area (Å²) in [5.74, 6) is 1.18. The summed E-state index contributed by atoms with van der Waals surface area (Å²) in [5.41, 5.74) is 5.83. The molecule has 0 saturated heterocycles. The molecular formula is C29H38N6O. The first-order chi connectivity index (χ1) is 17.1. The van der Waals surface area contributed by atoms with Gasteiger partial charge in [-0.1, -0.05) is 32.9 Å². The van der Waals surface area contributed by atoms with Crippen LogP contribution in [0.25, 0.3) is 0 Å². The Labute approximate surface area is 214 Å². The van der Waals surface area contributed by atoms with Crippen molar-refractivity contribution < 1.29 is 4.79 Å². The van der Waals surface area contributed by atoms with Crippen LogP contribution in [-0.4, -0.2) is 47.5 Å². The molecule has 7 heteroatoms. The van der Waals surface area contributed by atoms with E-state index < -0.39 is 0 Å². The van der Waals surface area contributed by atoms with Gasteiger partial charge >= 0.3 is 0 Å². The molecule has 0 spiro atoms. The van der Waals surface area contributed by atoms with Crippen molar-refractivity contribution in [2.24, 2.45) is 0 Å². The van der Waals surface area contributed by atoms with Gasteiger partial charge in [0.15, 0.2) is 0 Å². The molecule has 0 saturated carbocycles. The SMILES string of the molecule is CCNC(=O)c1cnc(Nc2ccc3c(c2)CCC(N(C)C)C3)cc1Nc1cccc(C(C)(C)C)n1. The average molecular weight is 487 g/mol. The number of hydrogen-bond acceptors (Lipinski definition) is 6. The number of benzene rings is 1. The van der Waals surface area contributed by atoms with Gasteiger partial charge in [-0.3, -0.25) is 4.79 Å². The molecule has 7 nitrogen and oxygen atoms in total. The van der Waals surface area contributed by atoms with E-state index in [0.717, 1.165) is 30.6 Å². The number of nitrogens with one attached hydrogen (secondary N) is 3. The number of nitrogens with zero attached hydrogens (tertiary/aromatic N) is 3. The van der Waals surface area contributed by atoms with Crippen LogP contribution in [0.5, 0.6) is 0 Å². The Hall–Kier alpha value is -3.45. The quantitative estimate of drug-likeness (QED) is 0.413. The van der Waals surface area contributed by atoms with Gasteiger partial charge in [0.05, 0.1) is 11.3 Å². The van der Waals surface area contributed by atoms with E-state index in [9.17, 15) is 4.79 Å². The molecule has 36 heavy (non-hydrogen) atoms. The summed E-state index contributed by atoms with van der Waals surface area (Å²) >= 11 is 0. The van der Waals surface area contributed by atoms with Gasteiger partial charge in [-0.05, 0) is 75.7 Å². The zero-order chi connectivity index (χ0) is 25.9. The molecule has 0 bridgehead atoms. The lowest BCUT2D eigenvalue weighted by Gasteiger charge is -2.30. The minimum atomic E-state index is -0.171. The normalized spacial score (nSPS) is 15.4. The average Bonchev–Trinajstić information content (AvgIpc) is 2.83. The number of anilines is 4. The third kappa shape index (κ3) is 6.02. The summed E-state index contributed by atoms with van der Waals surface area (Å²) in [5, 5.41) is 9.67. The summed E-state index contributed by atoms with van der Waals surface area (Å²) in [7, 11) is 4.31. The van der Waals surface area contributed by atoms with Crippen molar-refractivity contribution in [3.63, 3.8) is 0 Å². The van der Waals surface area contributed by atoms with Crippen molar-refractivity contribution in [1.29, 1.82) is 0 Å². The molecule has 0 radical (unpaired) electrons. The Morgan fingerprint density at radius 2 is 1.86 bits per heavy atom. The third-order valence-electron chi connectivity index (χ3n) is 6.68. The molecule has 4 rings (SSSR count). The summed E-state index contributed by atoms with van der Waals surface area (Å²) in [6.45, 7) is 8.84. The third-order valence-corrected chi connectivity index (χ3v) is 6.68. The lowest BCUT2D eigenvalue weighted by Crippen LogP contribution is -2.33. The Balaban J connectivity index is 1.60. The van der Waals surface area contributed by atoms with E-state index in [1.807, 2.05) is 31.2 Å². The van der Waals surface area contributed by atoms with Crippen molar-refractivity contribution in [2.45, 2.75) is 58.4 Å². The van der Waals surface area contributed by atoms with Gasteiger partial charge < -0.3 is 20.9 Å². The van der Waals surface area contributed by atoms with Gasteiger partial charge in [-0.2, -0.15) is 0 Å². The summed E-state index contributed by atoms with van der Waals surface area (Å²) in [6, 6.07) is 14.9. The molecular weight excluding hydrogens is 448 g/mol. The van der Waals surface area contributed by atoms with Gasteiger partial charge in [0.2, 0.25) is 0 Å². The maximum absolute atomic E-state index is 12.8. The van der Waals surface area contributed by atoms with Crippen LogP contribution in [0, 0.1) is 0 Å². The monoisotopic (exact) mass is 486 g/mol. The second-order valence-electron chi connectivity index (χ2n) is 10.7. The smallest absolute Gasteiger partial charge is 0.254 e. The highest BCUT2D eigenvalue weighted by Gasteiger charge is 2.21. The van der Waals surface area contributed by atoms with E-state index in [4.69, 9.17) is 4.98 Å². The molecule has 1 unspecified atom stereocenters. The van der Waals surface area contributed by atoms with Crippen molar-refractivity contribution in [2.75, 3.05) is 31.3 Å².